The highest BCUT2D eigenvalue weighted by Crippen LogP contribution is 2.65. The van der Waals surface area contributed by atoms with E-state index in [0.29, 0.717) is 0 Å². The van der Waals surface area contributed by atoms with Crippen molar-refractivity contribution in [2.45, 2.75) is 24.7 Å². The van der Waals surface area contributed by atoms with Crippen LogP contribution in [0.25, 0.3) is 94.3 Å². The molecule has 1 heterocycles. The smallest absolute Gasteiger partial charge is 0.0726 e. The number of fused-ring (bicyclic) bond motifs is 16. The van der Waals surface area contributed by atoms with Crippen LogP contribution in [0.15, 0.2) is 279 Å². The van der Waals surface area contributed by atoms with Crippen LogP contribution in [0.3, 0.4) is 0 Å². The van der Waals surface area contributed by atoms with E-state index < -0.39 is 5.41 Å². The first-order valence-electron chi connectivity index (χ1n) is 27.3. The molecule has 366 valence electrons. The maximum atomic E-state index is 2.56. The highest BCUT2D eigenvalue weighted by Gasteiger charge is 2.52. The molecule has 12 aromatic carbocycles. The van der Waals surface area contributed by atoms with Crippen molar-refractivity contribution >= 4 is 38.9 Å². The second-order valence-corrected chi connectivity index (χ2v) is 22.0. The van der Waals surface area contributed by atoms with Gasteiger partial charge >= 0.3 is 0 Å². The van der Waals surface area contributed by atoms with Crippen molar-refractivity contribution in [3.8, 4) is 72.4 Å². The van der Waals surface area contributed by atoms with Gasteiger partial charge in [-0.2, -0.15) is 0 Å². The zero-order valence-corrected chi connectivity index (χ0v) is 43.5. The van der Waals surface area contributed by atoms with Crippen LogP contribution in [-0.4, -0.2) is 4.57 Å². The van der Waals surface area contributed by atoms with Crippen LogP contribution >= 0.6 is 0 Å². The van der Waals surface area contributed by atoms with Crippen LogP contribution in [0.4, 0.5) is 17.1 Å². The third-order valence-electron chi connectivity index (χ3n) is 17.6. The monoisotopic (exact) mass is 992 g/mol. The molecular formula is C76H52N2. The number of rotatable bonds is 7. The van der Waals surface area contributed by atoms with E-state index in [4.69, 9.17) is 0 Å². The maximum Gasteiger partial charge on any atom is 0.0726 e. The first-order chi connectivity index (χ1) is 38.4. The van der Waals surface area contributed by atoms with Gasteiger partial charge in [0.15, 0.2) is 0 Å². The van der Waals surface area contributed by atoms with Gasteiger partial charge in [0.2, 0.25) is 0 Å². The van der Waals surface area contributed by atoms with Gasteiger partial charge in [0.25, 0.3) is 0 Å². The van der Waals surface area contributed by atoms with Crippen LogP contribution in [-0.2, 0) is 10.8 Å². The van der Waals surface area contributed by atoms with Crippen molar-refractivity contribution in [1.82, 2.24) is 4.57 Å². The first kappa shape index (κ1) is 44.5. The summed E-state index contributed by atoms with van der Waals surface area (Å²) in [6, 6.07) is 105. The predicted molar refractivity (Wildman–Crippen MR) is 326 cm³/mol. The molecule has 1 aromatic heterocycles. The second-order valence-electron chi connectivity index (χ2n) is 22.0. The van der Waals surface area contributed by atoms with E-state index in [9.17, 15) is 0 Å². The fourth-order valence-electron chi connectivity index (χ4n) is 14.1. The lowest BCUT2D eigenvalue weighted by atomic mass is 9.70. The Labute approximate surface area is 455 Å². The van der Waals surface area contributed by atoms with Gasteiger partial charge in [-0.05, 0) is 161 Å². The molecule has 1 spiro atoms. The average Bonchev–Trinajstić information content (AvgIpc) is 4.29. The third-order valence-corrected chi connectivity index (χ3v) is 17.6. The lowest BCUT2D eigenvalue weighted by molar-refractivity contribution is 0.660. The van der Waals surface area contributed by atoms with Crippen LogP contribution < -0.4 is 4.90 Å². The number of aromatic nitrogens is 1. The lowest BCUT2D eigenvalue weighted by Gasteiger charge is -2.32. The molecule has 78 heavy (non-hydrogen) atoms. The summed E-state index contributed by atoms with van der Waals surface area (Å²) in [5, 5.41) is 2.45. The Morgan fingerprint density at radius 3 is 1.40 bits per heavy atom. The summed E-state index contributed by atoms with van der Waals surface area (Å²) in [4.78, 5) is 2.56. The van der Waals surface area contributed by atoms with Gasteiger partial charge in [-0.25, -0.2) is 0 Å². The molecule has 3 aliphatic rings. The highest BCUT2D eigenvalue weighted by atomic mass is 15.1. The molecule has 1 unspecified atom stereocenters. The summed E-state index contributed by atoms with van der Waals surface area (Å²) in [5.41, 5.74) is 29.0. The minimum Gasteiger partial charge on any atom is -0.310 e. The molecule has 0 N–H and O–H groups in total. The van der Waals surface area contributed by atoms with Gasteiger partial charge in [0.1, 0.15) is 0 Å². The van der Waals surface area contributed by atoms with Crippen LogP contribution in [0, 0.1) is 0 Å². The van der Waals surface area contributed by atoms with E-state index in [0.717, 1.165) is 22.7 Å². The van der Waals surface area contributed by atoms with Crippen molar-refractivity contribution < 1.29 is 0 Å². The average molecular weight is 993 g/mol. The van der Waals surface area contributed by atoms with Crippen molar-refractivity contribution in [2.24, 2.45) is 0 Å². The Balaban J connectivity index is 0.950. The van der Waals surface area contributed by atoms with Crippen LogP contribution in [0.2, 0.25) is 0 Å². The molecule has 3 aliphatic carbocycles. The summed E-state index contributed by atoms with van der Waals surface area (Å²) in [7, 11) is 0. The van der Waals surface area contributed by atoms with E-state index in [1.54, 1.807) is 0 Å². The number of benzene rings is 12. The number of hydrogen-bond donors (Lipinski definition) is 0. The van der Waals surface area contributed by atoms with Gasteiger partial charge in [-0.3, -0.25) is 0 Å². The highest BCUT2D eigenvalue weighted by molar-refractivity contribution is 6.12. The fourth-order valence-corrected chi connectivity index (χ4v) is 14.1. The normalized spacial score (nSPS) is 14.9. The van der Waals surface area contributed by atoms with Crippen LogP contribution in [0.1, 0.15) is 47.2 Å². The topological polar surface area (TPSA) is 8.17 Å². The minimum absolute atomic E-state index is 0.196. The Bertz CT molecular complexity index is 4480. The Hall–Kier alpha value is -9.76. The molecule has 1 atom stereocenters. The van der Waals surface area contributed by atoms with Crippen molar-refractivity contribution in [1.29, 1.82) is 0 Å². The Morgan fingerprint density at radius 2 is 0.756 bits per heavy atom. The van der Waals surface area contributed by atoms with Gasteiger partial charge in [0.05, 0.1) is 22.1 Å². The molecule has 0 fully saturated rings. The largest absolute Gasteiger partial charge is 0.310 e. The maximum absolute atomic E-state index is 2.56. The van der Waals surface area contributed by atoms with Gasteiger partial charge in [-0.15, -0.1) is 0 Å². The molecule has 2 heteroatoms. The summed E-state index contributed by atoms with van der Waals surface area (Å²) in [6.45, 7) is 4.78. The van der Waals surface area contributed by atoms with Gasteiger partial charge in [-0.1, -0.05) is 226 Å². The zero-order chi connectivity index (χ0) is 51.7. The van der Waals surface area contributed by atoms with E-state index in [2.05, 4.69) is 302 Å². The summed E-state index contributed by atoms with van der Waals surface area (Å²) < 4.78 is 2.48. The van der Waals surface area contributed by atoms with Crippen LogP contribution in [0.5, 0.6) is 0 Å². The summed E-state index contributed by atoms with van der Waals surface area (Å²) in [6.07, 6.45) is 0. The minimum atomic E-state index is -0.548. The van der Waals surface area contributed by atoms with E-state index in [1.165, 1.54) is 122 Å². The molecule has 16 rings (SSSR count). The molecule has 0 amide bonds. The van der Waals surface area contributed by atoms with Crippen molar-refractivity contribution in [3.05, 3.63) is 312 Å². The van der Waals surface area contributed by atoms with Crippen molar-refractivity contribution in [2.75, 3.05) is 4.90 Å². The Morgan fingerprint density at radius 1 is 0.295 bits per heavy atom. The van der Waals surface area contributed by atoms with Gasteiger partial charge in [0, 0.05) is 38.8 Å². The molecule has 0 radical (unpaired) electrons. The molecule has 13 aromatic rings. The van der Waals surface area contributed by atoms with E-state index >= 15 is 0 Å². The first-order valence-corrected chi connectivity index (χ1v) is 27.3. The Kier molecular flexibility index (Phi) is 9.63. The molecule has 0 aliphatic heterocycles. The lowest BCUT2D eigenvalue weighted by Crippen LogP contribution is -2.26. The van der Waals surface area contributed by atoms with E-state index in [1.807, 2.05) is 0 Å². The van der Waals surface area contributed by atoms with E-state index in [-0.39, 0.29) is 5.41 Å². The fraction of sp³-hybridized carbons (Fsp3) is 0.0526. The number of nitrogens with zero attached hydrogens (tertiary/aromatic N) is 2. The third kappa shape index (κ3) is 6.32. The molecular weight excluding hydrogens is 941 g/mol. The SMILES string of the molecule is CC1(C)c2ccccc2-c2ccc(N(c3cccc(-n4c5ccc(-c6ccccc6)cc5c5cc(-c6ccccc6)ccc54)c3)c3cccc4c3-c3ccccc3C43c4ccccc4-c4ccc(-c5ccccc5)cc43)cc21. The molecule has 0 saturated carbocycles. The van der Waals surface area contributed by atoms with Gasteiger partial charge < -0.3 is 9.47 Å². The quantitative estimate of drug-likeness (QED) is 0.154. The number of hydrogen-bond acceptors (Lipinski definition) is 1. The summed E-state index contributed by atoms with van der Waals surface area (Å²) >= 11 is 0. The number of anilines is 3. The second kappa shape index (κ2) is 16.9. The molecule has 0 saturated heterocycles. The zero-order valence-electron chi connectivity index (χ0n) is 43.5. The molecule has 2 nitrogen and oxygen atoms in total. The summed E-state index contributed by atoms with van der Waals surface area (Å²) in [5.74, 6) is 0. The van der Waals surface area contributed by atoms with Crippen molar-refractivity contribution in [3.63, 3.8) is 0 Å². The molecule has 0 bridgehead atoms. The predicted octanol–water partition coefficient (Wildman–Crippen LogP) is 19.9. The standard InChI is InChI=1S/C76H52N2/c1-75(2)65-31-15-12-28-58(65)60-41-39-57(48-69(60)75)77(55-26-18-27-56(47-55)78-71-42-37-52(49-20-6-3-7-21-49)44-63(71)64-45-53(38-43-72(64)78)50-22-8-4-9-23-50)73-35-19-34-68-74(73)62-30-14-17-33-67(62)76(68)66-32-16-13-29-59(66)61-40-36-54(46-70(61)76)51-24-10-5-11-25-51/h3-48H,1-2H3.